The largest absolute Gasteiger partial charge is 0.497 e. The third-order valence-electron chi connectivity index (χ3n) is 4.31. The summed E-state index contributed by atoms with van der Waals surface area (Å²) in [5, 5.41) is 5.11. The molecule has 3 rings (SSSR count). The van der Waals surface area contributed by atoms with E-state index < -0.39 is 24.4 Å². The van der Waals surface area contributed by atoms with Gasteiger partial charge in [-0.05, 0) is 35.9 Å². The molecule has 0 aliphatic carbocycles. The number of rotatable bonds is 7. The Bertz CT molecular complexity index is 1010. The lowest BCUT2D eigenvalue weighted by Crippen LogP contribution is -2.38. The summed E-state index contributed by atoms with van der Waals surface area (Å²) in [5.74, 6) is 0.130. The molecule has 30 heavy (non-hydrogen) atoms. The van der Waals surface area contributed by atoms with Gasteiger partial charge in [0, 0.05) is 0 Å². The van der Waals surface area contributed by atoms with Crippen molar-refractivity contribution >= 4 is 29.6 Å². The Labute approximate surface area is 173 Å². The number of benzene rings is 2. The number of hydrogen-bond acceptors (Lipinski definition) is 5. The number of nitrogens with zero attached hydrogens (tertiary/aromatic N) is 1. The van der Waals surface area contributed by atoms with E-state index in [1.807, 2.05) is 24.3 Å². The van der Waals surface area contributed by atoms with Crippen LogP contribution < -0.4 is 20.1 Å². The number of hydrogen-bond donors (Lipinski definition) is 2. The maximum absolute atomic E-state index is 12.5. The van der Waals surface area contributed by atoms with Gasteiger partial charge < -0.3 is 20.1 Å². The van der Waals surface area contributed by atoms with E-state index >= 15 is 0 Å². The molecule has 0 unspecified atom stereocenters. The predicted octanol–water partition coefficient (Wildman–Crippen LogP) is 2.79. The zero-order valence-corrected chi connectivity index (χ0v) is 16.5. The molecule has 2 aromatic rings. The van der Waals surface area contributed by atoms with E-state index in [4.69, 9.17) is 9.47 Å². The quantitative estimate of drug-likeness (QED) is 0.543. The van der Waals surface area contributed by atoms with Gasteiger partial charge in [0.25, 0.3) is 5.91 Å². The van der Waals surface area contributed by atoms with Crippen LogP contribution in [0.4, 0.5) is 10.5 Å². The van der Waals surface area contributed by atoms with Gasteiger partial charge in [-0.2, -0.15) is 0 Å². The van der Waals surface area contributed by atoms with E-state index in [2.05, 4.69) is 10.6 Å². The molecule has 2 N–H and O–H groups in total. The lowest BCUT2D eigenvalue weighted by atomic mass is 10.2. The zero-order chi connectivity index (χ0) is 21.5. The van der Waals surface area contributed by atoms with Crippen LogP contribution >= 0.6 is 0 Å². The van der Waals surface area contributed by atoms with Crippen LogP contribution in [0, 0.1) is 0 Å². The summed E-state index contributed by atoms with van der Waals surface area (Å²) in [6, 6.07) is 13.6. The smallest absolute Gasteiger partial charge is 0.329 e. The molecule has 0 saturated carbocycles. The fraction of sp³-hybridized carbons (Fsp3) is 0.136. The molecule has 8 heteroatoms. The molecular formula is C22H21N3O5. The third kappa shape index (κ3) is 4.85. The highest BCUT2D eigenvalue weighted by atomic mass is 16.5. The van der Waals surface area contributed by atoms with Crippen LogP contribution in [0.2, 0.25) is 0 Å². The number of para-hydroxylation sites is 2. The van der Waals surface area contributed by atoms with Crippen LogP contribution in [0.1, 0.15) is 5.56 Å². The molecule has 0 aromatic heterocycles. The highest BCUT2D eigenvalue weighted by molar-refractivity contribution is 6.14. The average molecular weight is 407 g/mol. The van der Waals surface area contributed by atoms with Gasteiger partial charge in [0.1, 0.15) is 23.7 Å². The lowest BCUT2D eigenvalue weighted by Gasteiger charge is -2.13. The summed E-state index contributed by atoms with van der Waals surface area (Å²) in [4.78, 5) is 37.7. The molecule has 4 amide bonds. The molecule has 0 atom stereocenters. The number of methoxy groups -OCH3 is 2. The standard InChI is InChI=1S/C22H21N3O5/c1-29-16-12-10-15(11-13-16)6-5-8-18-21(27)25(22(28)24-18)14-20(26)23-17-7-3-4-9-19(17)30-2/h3-13H,14H2,1-2H3,(H,23,26)(H,24,28)/b6-5+,18-8+. The van der Waals surface area contributed by atoms with Crippen LogP contribution in [0.3, 0.4) is 0 Å². The summed E-state index contributed by atoms with van der Waals surface area (Å²) in [5.41, 5.74) is 1.45. The number of carbonyl (C=O) groups excluding carboxylic acids is 3. The first-order valence-electron chi connectivity index (χ1n) is 9.10. The first-order valence-corrected chi connectivity index (χ1v) is 9.10. The fourth-order valence-corrected chi connectivity index (χ4v) is 2.78. The van der Waals surface area contributed by atoms with Gasteiger partial charge in [0.15, 0.2) is 0 Å². The van der Waals surface area contributed by atoms with Crippen molar-refractivity contribution in [3.05, 3.63) is 71.9 Å². The Balaban J connectivity index is 1.62. The van der Waals surface area contributed by atoms with Gasteiger partial charge in [-0.3, -0.25) is 9.59 Å². The van der Waals surface area contributed by atoms with Crippen LogP contribution in [0.25, 0.3) is 6.08 Å². The van der Waals surface area contributed by atoms with E-state index in [0.29, 0.717) is 11.4 Å². The number of allylic oxidation sites excluding steroid dienone is 2. The minimum Gasteiger partial charge on any atom is -0.497 e. The van der Waals surface area contributed by atoms with Crippen molar-refractivity contribution in [3.63, 3.8) is 0 Å². The Morgan fingerprint density at radius 3 is 2.50 bits per heavy atom. The van der Waals surface area contributed by atoms with Gasteiger partial charge in [-0.1, -0.05) is 36.4 Å². The normalized spacial score (nSPS) is 14.9. The molecule has 0 bridgehead atoms. The van der Waals surface area contributed by atoms with Gasteiger partial charge in [-0.25, -0.2) is 9.69 Å². The molecule has 1 aliphatic heterocycles. The number of amides is 4. The molecule has 0 spiro atoms. The second kappa shape index (κ2) is 9.42. The van der Waals surface area contributed by atoms with Crippen molar-refractivity contribution in [3.8, 4) is 11.5 Å². The van der Waals surface area contributed by atoms with Crippen molar-refractivity contribution in [2.75, 3.05) is 26.1 Å². The van der Waals surface area contributed by atoms with Crippen molar-refractivity contribution in [2.45, 2.75) is 0 Å². The maximum Gasteiger partial charge on any atom is 0.329 e. The molecule has 1 fully saturated rings. The second-order valence-corrected chi connectivity index (χ2v) is 6.28. The number of urea groups is 1. The highest BCUT2D eigenvalue weighted by Crippen LogP contribution is 2.23. The molecular weight excluding hydrogens is 386 g/mol. The van der Waals surface area contributed by atoms with E-state index in [1.165, 1.54) is 13.2 Å². The topological polar surface area (TPSA) is 97.0 Å². The summed E-state index contributed by atoms with van der Waals surface area (Å²) in [7, 11) is 3.07. The van der Waals surface area contributed by atoms with Gasteiger partial charge in [0.2, 0.25) is 5.91 Å². The highest BCUT2D eigenvalue weighted by Gasteiger charge is 2.34. The molecule has 2 aromatic carbocycles. The Morgan fingerprint density at radius 1 is 1.07 bits per heavy atom. The van der Waals surface area contributed by atoms with E-state index in [9.17, 15) is 14.4 Å². The van der Waals surface area contributed by atoms with Gasteiger partial charge in [-0.15, -0.1) is 0 Å². The Kier molecular flexibility index (Phi) is 6.49. The van der Waals surface area contributed by atoms with E-state index in [0.717, 1.165) is 16.2 Å². The fourth-order valence-electron chi connectivity index (χ4n) is 2.78. The van der Waals surface area contributed by atoms with Crippen LogP contribution in [-0.4, -0.2) is 43.5 Å². The summed E-state index contributed by atoms with van der Waals surface area (Å²) in [6.07, 6.45) is 4.92. The summed E-state index contributed by atoms with van der Waals surface area (Å²) >= 11 is 0. The zero-order valence-electron chi connectivity index (χ0n) is 16.5. The minimum absolute atomic E-state index is 0.0925. The minimum atomic E-state index is -0.653. The number of ether oxygens (including phenoxy) is 2. The predicted molar refractivity (Wildman–Crippen MR) is 112 cm³/mol. The van der Waals surface area contributed by atoms with E-state index in [-0.39, 0.29) is 5.70 Å². The molecule has 1 heterocycles. The van der Waals surface area contributed by atoms with E-state index in [1.54, 1.807) is 43.5 Å². The number of nitrogens with one attached hydrogen (secondary N) is 2. The van der Waals surface area contributed by atoms with Crippen molar-refractivity contribution in [1.29, 1.82) is 0 Å². The van der Waals surface area contributed by atoms with Crippen LogP contribution in [-0.2, 0) is 9.59 Å². The molecule has 0 radical (unpaired) electrons. The lowest BCUT2D eigenvalue weighted by molar-refractivity contribution is -0.127. The monoisotopic (exact) mass is 407 g/mol. The molecule has 154 valence electrons. The summed E-state index contributed by atoms with van der Waals surface area (Å²) < 4.78 is 10.3. The number of carbonyl (C=O) groups is 3. The Hall–Kier alpha value is -4.07. The molecule has 1 saturated heterocycles. The average Bonchev–Trinajstić information content (AvgIpc) is 3.02. The second-order valence-electron chi connectivity index (χ2n) is 6.28. The summed E-state index contributed by atoms with van der Waals surface area (Å²) in [6.45, 7) is -0.414. The van der Waals surface area contributed by atoms with Crippen molar-refractivity contribution < 1.29 is 23.9 Å². The third-order valence-corrected chi connectivity index (χ3v) is 4.31. The molecule has 8 nitrogen and oxygen atoms in total. The van der Waals surface area contributed by atoms with Gasteiger partial charge in [0.05, 0.1) is 19.9 Å². The van der Waals surface area contributed by atoms with Gasteiger partial charge >= 0.3 is 6.03 Å². The number of imide groups is 1. The SMILES string of the molecule is COc1ccc(/C=C/C=C2/NC(=O)N(CC(=O)Nc3ccccc3OC)C2=O)cc1. The maximum atomic E-state index is 12.5. The first-order chi connectivity index (χ1) is 14.5. The van der Waals surface area contributed by atoms with Crippen molar-refractivity contribution in [2.24, 2.45) is 0 Å². The first kappa shape index (κ1) is 20.7. The van der Waals surface area contributed by atoms with Crippen LogP contribution in [0.5, 0.6) is 11.5 Å². The van der Waals surface area contributed by atoms with Crippen LogP contribution in [0.15, 0.2) is 66.4 Å². The number of anilines is 1. The van der Waals surface area contributed by atoms with Crippen molar-refractivity contribution in [1.82, 2.24) is 10.2 Å². The Morgan fingerprint density at radius 2 is 1.80 bits per heavy atom. The molecule has 1 aliphatic rings.